The van der Waals surface area contributed by atoms with Gasteiger partial charge in [-0.3, -0.25) is 0 Å². The fourth-order valence-electron chi connectivity index (χ4n) is 1.07. The molecule has 0 aromatic heterocycles. The van der Waals surface area contributed by atoms with E-state index in [0.717, 1.165) is 13.8 Å². The van der Waals surface area contributed by atoms with Gasteiger partial charge in [-0.2, -0.15) is 0 Å². The van der Waals surface area contributed by atoms with Gasteiger partial charge in [0.2, 0.25) is 0 Å². The summed E-state index contributed by atoms with van der Waals surface area (Å²) in [6, 6.07) is 0. The van der Waals surface area contributed by atoms with Crippen molar-refractivity contribution in [2.24, 2.45) is 0 Å². The van der Waals surface area contributed by atoms with E-state index in [-0.39, 0.29) is 6.42 Å². The second-order valence-electron chi connectivity index (χ2n) is 4.13. The molecule has 0 aliphatic rings. The van der Waals surface area contributed by atoms with Gasteiger partial charge >= 0.3 is 17.9 Å². The number of hydrogen-bond acceptors (Lipinski definition) is 8. The van der Waals surface area contributed by atoms with Crippen molar-refractivity contribution in [2.75, 3.05) is 0 Å². The van der Waals surface area contributed by atoms with Gasteiger partial charge in [0.1, 0.15) is 12.2 Å². The normalized spacial score (nSPS) is 18.9. The lowest BCUT2D eigenvalue weighted by atomic mass is 10.2. The van der Waals surface area contributed by atoms with Gasteiger partial charge in [0, 0.05) is 0 Å². The molecule has 0 rings (SSSR count). The minimum atomic E-state index is -2.95. The maximum absolute atomic E-state index is 11.2. The number of rotatable bonds is 7. The van der Waals surface area contributed by atoms with Crippen LogP contribution in [0.5, 0.6) is 0 Å². The highest BCUT2D eigenvalue weighted by Gasteiger charge is 2.45. The van der Waals surface area contributed by atoms with Crippen LogP contribution >= 0.6 is 0 Å². The van der Waals surface area contributed by atoms with Crippen LogP contribution in [-0.2, 0) is 19.1 Å². The maximum atomic E-state index is 11.2. The number of carbonyl (C=O) groups is 2. The van der Waals surface area contributed by atoms with Gasteiger partial charge in [-0.1, -0.05) is 13.3 Å². The Morgan fingerprint density at radius 3 is 1.68 bits per heavy atom. The molecule has 0 heterocycles. The van der Waals surface area contributed by atoms with Gasteiger partial charge in [0.15, 0.2) is 6.10 Å². The molecule has 0 spiro atoms. The molecular weight excluding hydrogens is 260 g/mol. The molecule has 0 aromatic carbocycles. The van der Waals surface area contributed by atoms with E-state index in [2.05, 4.69) is 9.47 Å². The Bertz CT molecular complexity index is 290. The quantitative estimate of drug-likeness (QED) is 0.332. The van der Waals surface area contributed by atoms with Gasteiger partial charge in [0.05, 0.1) is 0 Å². The zero-order valence-electron chi connectivity index (χ0n) is 11.1. The molecule has 3 unspecified atom stereocenters. The van der Waals surface area contributed by atoms with Crippen molar-refractivity contribution in [3.8, 4) is 0 Å². The molecule has 0 aliphatic carbocycles. The summed E-state index contributed by atoms with van der Waals surface area (Å²) in [5, 5.41) is 37.5. The third-order valence-electron chi connectivity index (χ3n) is 2.16. The van der Waals surface area contributed by atoms with Crippen LogP contribution in [0.2, 0.25) is 0 Å². The minimum Gasteiger partial charge on any atom is -0.394 e. The lowest BCUT2D eigenvalue weighted by Gasteiger charge is -2.31. The molecule has 0 radical (unpaired) electrons. The highest BCUT2D eigenvalue weighted by atomic mass is 16.9. The van der Waals surface area contributed by atoms with E-state index < -0.39 is 36.2 Å². The van der Waals surface area contributed by atoms with Gasteiger partial charge < -0.3 is 29.9 Å². The monoisotopic (exact) mass is 280 g/mol. The average molecular weight is 280 g/mol. The summed E-state index contributed by atoms with van der Waals surface area (Å²) < 4.78 is 8.79. The van der Waals surface area contributed by atoms with Crippen molar-refractivity contribution < 1.29 is 39.5 Å². The zero-order valence-corrected chi connectivity index (χ0v) is 11.1. The Hall–Kier alpha value is -1.22. The molecule has 0 amide bonds. The lowest BCUT2D eigenvalue weighted by molar-refractivity contribution is -0.365. The highest BCUT2D eigenvalue weighted by Crippen LogP contribution is 2.20. The van der Waals surface area contributed by atoms with E-state index in [9.17, 15) is 19.8 Å². The second kappa shape index (κ2) is 7.39. The van der Waals surface area contributed by atoms with Crippen LogP contribution in [-0.4, -0.2) is 56.6 Å². The third kappa shape index (κ3) is 5.52. The maximum Gasteiger partial charge on any atom is 0.401 e. The fraction of sp³-hybridized carbons (Fsp3) is 0.818. The zero-order chi connectivity index (χ0) is 15.2. The summed E-state index contributed by atoms with van der Waals surface area (Å²) in [5.74, 6) is -5.51. The lowest BCUT2D eigenvalue weighted by Crippen LogP contribution is -2.52. The molecular formula is C11H20O8. The van der Waals surface area contributed by atoms with Gasteiger partial charge in [-0.15, -0.1) is 0 Å². The van der Waals surface area contributed by atoms with Crippen molar-refractivity contribution in [2.45, 2.75) is 57.9 Å². The Morgan fingerprint density at radius 1 is 1.05 bits per heavy atom. The first kappa shape index (κ1) is 17.8. The van der Waals surface area contributed by atoms with Crippen molar-refractivity contribution in [3.63, 3.8) is 0 Å². The molecule has 8 heteroatoms. The SMILES string of the molecule is CCCC(O)C(O)(OC(=O)C(C)O)OC(=O)C(C)O. The van der Waals surface area contributed by atoms with Crippen molar-refractivity contribution >= 4 is 11.9 Å². The molecule has 0 aliphatic heterocycles. The van der Waals surface area contributed by atoms with Crippen LogP contribution < -0.4 is 0 Å². The third-order valence-corrected chi connectivity index (χ3v) is 2.16. The van der Waals surface area contributed by atoms with Gasteiger partial charge in [-0.25, -0.2) is 9.59 Å². The van der Waals surface area contributed by atoms with E-state index >= 15 is 0 Å². The molecule has 8 nitrogen and oxygen atoms in total. The van der Waals surface area contributed by atoms with Crippen LogP contribution in [0.3, 0.4) is 0 Å². The number of carbonyl (C=O) groups excluding carboxylic acids is 2. The van der Waals surface area contributed by atoms with E-state index in [1.54, 1.807) is 6.92 Å². The van der Waals surface area contributed by atoms with E-state index in [0.29, 0.717) is 6.42 Å². The number of aliphatic hydroxyl groups excluding tert-OH is 3. The molecule has 3 atom stereocenters. The molecule has 4 N–H and O–H groups in total. The predicted octanol–water partition coefficient (Wildman–Crippen LogP) is -1.36. The largest absolute Gasteiger partial charge is 0.401 e. The van der Waals surface area contributed by atoms with E-state index in [1.807, 2.05) is 0 Å². The first-order chi connectivity index (χ1) is 8.64. The minimum absolute atomic E-state index is 0.0311. The van der Waals surface area contributed by atoms with Crippen LogP contribution in [0.4, 0.5) is 0 Å². The molecule has 0 aromatic rings. The first-order valence-corrected chi connectivity index (χ1v) is 5.86. The summed E-state index contributed by atoms with van der Waals surface area (Å²) >= 11 is 0. The van der Waals surface area contributed by atoms with E-state index in [1.165, 1.54) is 0 Å². The standard InChI is InChI=1S/C11H20O8/c1-4-5-8(14)11(17,18-9(15)6(2)12)19-10(16)7(3)13/h6-8,12-14,17H,4-5H2,1-3H3. The van der Waals surface area contributed by atoms with Gasteiger partial charge in [0.25, 0.3) is 0 Å². The van der Waals surface area contributed by atoms with Crippen molar-refractivity contribution in [3.05, 3.63) is 0 Å². The Labute approximate surface area is 110 Å². The Balaban J connectivity index is 5.01. The molecule has 0 saturated carbocycles. The summed E-state index contributed by atoms with van der Waals surface area (Å²) in [4.78, 5) is 22.4. The molecule has 112 valence electrons. The number of ether oxygens (including phenoxy) is 2. The first-order valence-electron chi connectivity index (χ1n) is 5.86. The summed E-state index contributed by atoms with van der Waals surface area (Å²) in [5.41, 5.74) is 0. The van der Waals surface area contributed by atoms with Crippen LogP contribution in [0.1, 0.15) is 33.6 Å². The van der Waals surface area contributed by atoms with Crippen molar-refractivity contribution in [1.82, 2.24) is 0 Å². The highest BCUT2D eigenvalue weighted by molar-refractivity contribution is 5.76. The smallest absolute Gasteiger partial charge is 0.394 e. The summed E-state index contributed by atoms with van der Waals surface area (Å²) in [6.45, 7) is 3.83. The number of hydrogen-bond donors (Lipinski definition) is 4. The van der Waals surface area contributed by atoms with Crippen LogP contribution in [0.15, 0.2) is 0 Å². The summed E-state index contributed by atoms with van der Waals surface area (Å²) in [6.07, 6.45) is -4.49. The molecule has 19 heavy (non-hydrogen) atoms. The molecule has 0 bridgehead atoms. The van der Waals surface area contributed by atoms with Gasteiger partial charge in [-0.05, 0) is 20.3 Å². The Morgan fingerprint density at radius 2 is 1.42 bits per heavy atom. The van der Waals surface area contributed by atoms with Crippen LogP contribution in [0, 0.1) is 0 Å². The topological polar surface area (TPSA) is 134 Å². The predicted molar refractivity (Wildman–Crippen MR) is 61.4 cm³/mol. The molecule has 0 fully saturated rings. The number of esters is 2. The Kier molecular flexibility index (Phi) is 6.91. The fourth-order valence-corrected chi connectivity index (χ4v) is 1.07. The van der Waals surface area contributed by atoms with E-state index in [4.69, 9.17) is 10.2 Å². The summed E-state index contributed by atoms with van der Waals surface area (Å²) in [7, 11) is 0. The number of aliphatic hydroxyl groups is 4. The second-order valence-corrected chi connectivity index (χ2v) is 4.13. The molecule has 0 saturated heterocycles. The van der Waals surface area contributed by atoms with Crippen molar-refractivity contribution in [1.29, 1.82) is 0 Å². The average Bonchev–Trinajstić information content (AvgIpc) is 2.28. The van der Waals surface area contributed by atoms with Crippen LogP contribution in [0.25, 0.3) is 0 Å².